The fourth-order valence-corrected chi connectivity index (χ4v) is 3.78. The molecule has 9 nitrogen and oxygen atoms in total. The van der Waals surface area contributed by atoms with Crippen LogP contribution in [0.5, 0.6) is 11.5 Å². The Morgan fingerprint density at radius 2 is 1.97 bits per heavy atom. The normalized spacial score (nSPS) is 20.6. The minimum absolute atomic E-state index is 0.0333. The van der Waals surface area contributed by atoms with Crippen LogP contribution in [0.15, 0.2) is 12.1 Å². The lowest BCUT2D eigenvalue weighted by Gasteiger charge is -2.31. The second kappa shape index (κ2) is 9.91. The molecule has 176 valence electrons. The lowest BCUT2D eigenvalue weighted by Crippen LogP contribution is -2.51. The minimum Gasteiger partial charge on any atom is -0.493 e. The van der Waals surface area contributed by atoms with Crippen molar-refractivity contribution in [2.45, 2.75) is 42.2 Å². The van der Waals surface area contributed by atoms with Crippen LogP contribution in [0.25, 0.3) is 0 Å². The molecule has 2 aliphatic rings. The molecule has 0 unspecified atom stereocenters. The number of aliphatic hydroxyl groups excluding tert-OH is 1. The van der Waals surface area contributed by atoms with Gasteiger partial charge in [0.15, 0.2) is 23.5 Å². The molecule has 1 fully saturated rings. The molecule has 3 rings (SSSR count). The van der Waals surface area contributed by atoms with Crippen molar-refractivity contribution in [2.75, 3.05) is 31.8 Å². The quantitative estimate of drug-likeness (QED) is 0.463. The summed E-state index contributed by atoms with van der Waals surface area (Å²) in [5, 5.41) is 11.0. The van der Waals surface area contributed by atoms with Gasteiger partial charge in [0, 0.05) is 12.5 Å². The topological polar surface area (TPSA) is 106 Å². The van der Waals surface area contributed by atoms with E-state index in [2.05, 4.69) is 0 Å². The van der Waals surface area contributed by atoms with Gasteiger partial charge in [0.1, 0.15) is 6.61 Å². The fourth-order valence-electron chi connectivity index (χ4n) is 3.61. The van der Waals surface area contributed by atoms with Crippen molar-refractivity contribution in [3.8, 4) is 11.5 Å². The van der Waals surface area contributed by atoms with Gasteiger partial charge < -0.3 is 24.2 Å². The van der Waals surface area contributed by atoms with E-state index in [0.29, 0.717) is 6.61 Å². The van der Waals surface area contributed by atoms with Gasteiger partial charge >= 0.3 is 6.09 Å². The molecule has 2 amide bonds. The van der Waals surface area contributed by atoms with Crippen molar-refractivity contribution < 1.29 is 33.7 Å². The molecule has 1 aromatic rings. The molecule has 12 heteroatoms. The largest absolute Gasteiger partial charge is 0.493 e. The molecule has 32 heavy (non-hydrogen) atoms. The van der Waals surface area contributed by atoms with Gasteiger partial charge in [-0.15, -0.1) is 0 Å². The van der Waals surface area contributed by atoms with E-state index in [9.17, 15) is 19.5 Å². The van der Waals surface area contributed by atoms with Crippen LogP contribution in [0.2, 0.25) is 0 Å². The zero-order valence-corrected chi connectivity index (χ0v) is 19.7. The highest BCUT2D eigenvalue weighted by molar-refractivity contribution is 6.67. The van der Waals surface area contributed by atoms with E-state index in [0.717, 1.165) is 17.7 Å². The summed E-state index contributed by atoms with van der Waals surface area (Å²) >= 11 is 17.0. The predicted octanol–water partition coefficient (Wildman–Crippen LogP) is 3.30. The first-order chi connectivity index (χ1) is 15.1. The molecule has 0 saturated carbocycles. The summed E-state index contributed by atoms with van der Waals surface area (Å²) in [7, 11) is 1.42. The number of rotatable bonds is 6. The Hall–Kier alpha value is -1.94. The van der Waals surface area contributed by atoms with Crippen LogP contribution in [0.4, 0.5) is 10.5 Å². The predicted molar refractivity (Wildman–Crippen MR) is 118 cm³/mol. The van der Waals surface area contributed by atoms with Crippen molar-refractivity contribution in [1.29, 1.82) is 0 Å². The second-order valence-corrected chi connectivity index (χ2v) is 9.93. The number of anilines is 1. The van der Waals surface area contributed by atoms with Gasteiger partial charge in [-0.05, 0) is 12.5 Å². The van der Waals surface area contributed by atoms with Crippen molar-refractivity contribution >= 4 is 58.3 Å². The Labute approximate surface area is 200 Å². The Kier molecular flexibility index (Phi) is 7.65. The molecule has 0 aliphatic carbocycles. The van der Waals surface area contributed by atoms with E-state index in [1.54, 1.807) is 0 Å². The maximum atomic E-state index is 13.3. The molecule has 1 N–H and O–H groups in total. The highest BCUT2D eigenvalue weighted by atomic mass is 35.6. The third-order valence-electron chi connectivity index (χ3n) is 5.14. The third kappa shape index (κ3) is 5.17. The van der Waals surface area contributed by atoms with Gasteiger partial charge in [-0.3, -0.25) is 9.59 Å². The molecule has 2 atom stereocenters. The number of amides is 2. The first-order valence-corrected chi connectivity index (χ1v) is 11.1. The summed E-state index contributed by atoms with van der Waals surface area (Å²) in [5.74, 6) is -0.241. The lowest BCUT2D eigenvalue weighted by atomic mass is 10.1. The van der Waals surface area contributed by atoms with E-state index in [1.807, 2.05) is 6.92 Å². The van der Waals surface area contributed by atoms with Gasteiger partial charge in [-0.2, -0.15) is 0 Å². The molecule has 1 aromatic carbocycles. The van der Waals surface area contributed by atoms with Crippen LogP contribution in [-0.2, 0) is 9.53 Å². The number of halogens is 3. The molecule has 0 radical (unpaired) electrons. The van der Waals surface area contributed by atoms with Gasteiger partial charge in [-0.1, -0.05) is 48.1 Å². The number of fused-ring (bicyclic) bond motifs is 2. The smallest absolute Gasteiger partial charge is 0.416 e. The van der Waals surface area contributed by atoms with E-state index < -0.39 is 34.7 Å². The van der Waals surface area contributed by atoms with E-state index >= 15 is 0 Å². The molecule has 0 aromatic heterocycles. The van der Waals surface area contributed by atoms with E-state index in [1.165, 1.54) is 24.1 Å². The van der Waals surface area contributed by atoms with Crippen LogP contribution in [0.3, 0.4) is 0 Å². The number of unbranched alkanes of at least 4 members (excludes halogenated alkanes) is 1. The van der Waals surface area contributed by atoms with Gasteiger partial charge in [0.2, 0.25) is 3.79 Å². The molecule has 2 aliphatic heterocycles. The molecule has 2 heterocycles. The number of benzene rings is 1. The standard InChI is InChI=1S/C20H23Cl3N2O7/c1-3-4-5-31-16-8-13-12(7-15(16)30-2)17(27)24-9-11(26)6-14(24)18(28)25(13)19(29)32-10-20(21,22)23/h7-8,14,18,28H,3-6,9-10H2,1-2H3/t14-,18-/m0/s1. The number of carbonyl (C=O) groups is 3. The number of methoxy groups -OCH3 is 1. The highest BCUT2D eigenvalue weighted by Crippen LogP contribution is 2.41. The Morgan fingerprint density at radius 1 is 1.25 bits per heavy atom. The Bertz CT molecular complexity index is 906. The number of alkyl halides is 3. The zero-order chi connectivity index (χ0) is 23.6. The van der Waals surface area contributed by atoms with Crippen molar-refractivity contribution in [3.63, 3.8) is 0 Å². The van der Waals surface area contributed by atoms with Crippen LogP contribution in [-0.4, -0.2) is 70.7 Å². The number of ketones is 1. The molecule has 0 spiro atoms. The second-order valence-electron chi connectivity index (χ2n) is 7.42. The van der Waals surface area contributed by atoms with Gasteiger partial charge in [0.25, 0.3) is 5.91 Å². The van der Waals surface area contributed by atoms with Crippen molar-refractivity contribution in [2.24, 2.45) is 0 Å². The summed E-state index contributed by atoms with van der Waals surface area (Å²) < 4.78 is 14.3. The third-order valence-corrected chi connectivity index (χ3v) is 5.46. The number of Topliss-reactive ketones (excluding diaryl/α,β-unsaturated/α-hetero) is 1. The van der Waals surface area contributed by atoms with Crippen LogP contribution in [0.1, 0.15) is 36.5 Å². The van der Waals surface area contributed by atoms with Gasteiger partial charge in [0.05, 0.1) is 37.6 Å². The molecule has 1 saturated heterocycles. The highest BCUT2D eigenvalue weighted by Gasteiger charge is 2.48. The number of hydrogen-bond acceptors (Lipinski definition) is 7. The summed E-state index contributed by atoms with van der Waals surface area (Å²) in [6.07, 6.45) is -1.08. The van der Waals surface area contributed by atoms with Crippen molar-refractivity contribution in [1.82, 2.24) is 4.90 Å². The van der Waals surface area contributed by atoms with Crippen molar-refractivity contribution in [3.05, 3.63) is 17.7 Å². The summed E-state index contributed by atoms with van der Waals surface area (Å²) in [6.45, 7) is 1.60. The summed E-state index contributed by atoms with van der Waals surface area (Å²) in [5.41, 5.74) is 0.0674. The van der Waals surface area contributed by atoms with Crippen LogP contribution >= 0.6 is 34.8 Å². The average molecular weight is 510 g/mol. The number of carbonyl (C=O) groups excluding carboxylic acids is 3. The first kappa shape index (κ1) is 24.7. The molecule has 0 bridgehead atoms. The maximum Gasteiger partial charge on any atom is 0.416 e. The Morgan fingerprint density at radius 3 is 2.59 bits per heavy atom. The minimum atomic E-state index is -1.88. The lowest BCUT2D eigenvalue weighted by molar-refractivity contribution is -0.117. The van der Waals surface area contributed by atoms with E-state index in [-0.39, 0.29) is 41.5 Å². The van der Waals surface area contributed by atoms with Crippen LogP contribution in [0, 0.1) is 0 Å². The fraction of sp³-hybridized carbons (Fsp3) is 0.550. The number of ether oxygens (including phenoxy) is 3. The van der Waals surface area contributed by atoms with Crippen LogP contribution < -0.4 is 14.4 Å². The first-order valence-electron chi connectivity index (χ1n) is 9.95. The monoisotopic (exact) mass is 508 g/mol. The number of nitrogens with zero attached hydrogens (tertiary/aromatic N) is 2. The number of hydrogen-bond donors (Lipinski definition) is 1. The summed E-state index contributed by atoms with van der Waals surface area (Å²) in [6, 6.07) is 1.87. The van der Waals surface area contributed by atoms with Gasteiger partial charge in [-0.25, -0.2) is 9.69 Å². The Balaban J connectivity index is 2.09. The molecular formula is C20H23Cl3N2O7. The number of aliphatic hydroxyl groups is 1. The summed E-state index contributed by atoms with van der Waals surface area (Å²) in [4.78, 5) is 40.4. The van der Waals surface area contributed by atoms with E-state index in [4.69, 9.17) is 49.0 Å². The molecular weight excluding hydrogens is 487 g/mol. The SMILES string of the molecule is CCCCOc1cc2c(cc1OC)C(=O)N1CC(=O)C[C@H]1[C@H](O)N2C(=O)OCC(Cl)(Cl)Cl. The average Bonchev–Trinajstić information content (AvgIpc) is 3.10. The zero-order valence-electron chi connectivity index (χ0n) is 17.5. The maximum absolute atomic E-state index is 13.3.